The minimum Gasteiger partial charge on any atom is -0.496 e. The number of ether oxygens (including phenoxy) is 1. The van der Waals surface area contributed by atoms with Crippen LogP contribution in [0.4, 0.5) is 0 Å². The summed E-state index contributed by atoms with van der Waals surface area (Å²) in [5, 5.41) is 0. The fourth-order valence-electron chi connectivity index (χ4n) is 1.13. The van der Waals surface area contributed by atoms with E-state index in [0.29, 0.717) is 17.1 Å². The molecule has 0 saturated heterocycles. The second-order valence-electron chi connectivity index (χ2n) is 2.91. The van der Waals surface area contributed by atoms with E-state index < -0.39 is 0 Å². The van der Waals surface area contributed by atoms with E-state index in [1.54, 1.807) is 19.2 Å². The highest BCUT2D eigenvalue weighted by molar-refractivity contribution is 7.99. The smallest absolute Gasteiger partial charge is 0.159 e. The van der Waals surface area contributed by atoms with Gasteiger partial charge < -0.3 is 4.74 Å². The van der Waals surface area contributed by atoms with Crippen LogP contribution in [0, 0.1) is 12.3 Å². The number of Topliss-reactive ketones (excluding diaryl/α,β-unsaturated/α-hetero) is 1. The molecule has 1 aromatic rings. The molecule has 15 heavy (non-hydrogen) atoms. The van der Waals surface area contributed by atoms with Crippen molar-refractivity contribution in [2.45, 2.75) is 11.8 Å². The Bertz CT molecular complexity index is 405. The van der Waals surface area contributed by atoms with Gasteiger partial charge in [-0.3, -0.25) is 4.79 Å². The summed E-state index contributed by atoms with van der Waals surface area (Å²) in [6.45, 7) is 1.53. The topological polar surface area (TPSA) is 26.3 Å². The number of hydrogen-bond acceptors (Lipinski definition) is 3. The van der Waals surface area contributed by atoms with Crippen LogP contribution in [0.5, 0.6) is 5.75 Å². The molecule has 1 rings (SSSR count). The Labute approximate surface area is 94.0 Å². The van der Waals surface area contributed by atoms with E-state index in [1.165, 1.54) is 18.7 Å². The minimum atomic E-state index is 0.0294. The third-order valence-corrected chi connectivity index (χ3v) is 2.84. The predicted octanol–water partition coefficient (Wildman–Crippen LogP) is 2.62. The van der Waals surface area contributed by atoms with Gasteiger partial charge in [0.15, 0.2) is 5.78 Å². The molecule has 0 atom stereocenters. The van der Waals surface area contributed by atoms with Crippen LogP contribution in [0.25, 0.3) is 0 Å². The molecule has 0 amide bonds. The Morgan fingerprint density at radius 3 is 2.87 bits per heavy atom. The third kappa shape index (κ3) is 3.03. The minimum absolute atomic E-state index is 0.0294. The van der Waals surface area contributed by atoms with Gasteiger partial charge in [0.05, 0.1) is 17.8 Å². The Hall–Kier alpha value is -1.40. The Balaban J connectivity index is 2.99. The van der Waals surface area contributed by atoms with Gasteiger partial charge in [-0.05, 0) is 19.1 Å². The standard InChI is InChI=1S/C12H12O2S/c1-4-7-15-12-6-5-10(9(2)13)8-11(12)14-3/h1,5-6,8H,7H2,2-3H3. The van der Waals surface area contributed by atoms with Crippen molar-refractivity contribution in [2.24, 2.45) is 0 Å². The van der Waals surface area contributed by atoms with Gasteiger partial charge in [-0.15, -0.1) is 18.2 Å². The van der Waals surface area contributed by atoms with E-state index in [4.69, 9.17) is 11.2 Å². The van der Waals surface area contributed by atoms with Crippen molar-refractivity contribution < 1.29 is 9.53 Å². The molecule has 78 valence electrons. The van der Waals surface area contributed by atoms with Gasteiger partial charge in [0.2, 0.25) is 0 Å². The van der Waals surface area contributed by atoms with E-state index in [2.05, 4.69) is 5.92 Å². The van der Waals surface area contributed by atoms with Gasteiger partial charge in [0, 0.05) is 5.56 Å². The average molecular weight is 220 g/mol. The first-order valence-electron chi connectivity index (χ1n) is 4.44. The zero-order chi connectivity index (χ0) is 11.3. The summed E-state index contributed by atoms with van der Waals surface area (Å²) in [4.78, 5) is 12.1. The number of carbonyl (C=O) groups is 1. The van der Waals surface area contributed by atoms with Crippen molar-refractivity contribution >= 4 is 17.5 Å². The SMILES string of the molecule is C#CCSc1ccc(C(C)=O)cc1OC. The summed E-state index contributed by atoms with van der Waals surface area (Å²) in [6.07, 6.45) is 5.18. The normalized spacial score (nSPS) is 9.40. The van der Waals surface area contributed by atoms with Crippen molar-refractivity contribution in [1.82, 2.24) is 0 Å². The summed E-state index contributed by atoms with van der Waals surface area (Å²) < 4.78 is 5.19. The van der Waals surface area contributed by atoms with E-state index in [9.17, 15) is 4.79 Å². The lowest BCUT2D eigenvalue weighted by atomic mass is 10.1. The first-order valence-corrected chi connectivity index (χ1v) is 5.43. The molecule has 0 aromatic heterocycles. The largest absolute Gasteiger partial charge is 0.496 e. The van der Waals surface area contributed by atoms with Crippen LogP contribution in [0.15, 0.2) is 23.1 Å². The maximum absolute atomic E-state index is 11.1. The molecular weight excluding hydrogens is 208 g/mol. The molecule has 0 heterocycles. The van der Waals surface area contributed by atoms with Crippen LogP contribution in [-0.2, 0) is 0 Å². The fraction of sp³-hybridized carbons (Fsp3) is 0.250. The number of carbonyl (C=O) groups excluding carboxylic acids is 1. The van der Waals surface area contributed by atoms with Crippen molar-refractivity contribution in [1.29, 1.82) is 0 Å². The van der Waals surface area contributed by atoms with E-state index in [1.807, 2.05) is 6.07 Å². The van der Waals surface area contributed by atoms with E-state index in [0.717, 1.165) is 4.90 Å². The van der Waals surface area contributed by atoms with Crippen LogP contribution in [0.3, 0.4) is 0 Å². The molecule has 0 aliphatic carbocycles. The molecule has 2 nitrogen and oxygen atoms in total. The van der Waals surface area contributed by atoms with Gasteiger partial charge in [-0.1, -0.05) is 12.0 Å². The number of benzene rings is 1. The maximum Gasteiger partial charge on any atom is 0.159 e. The van der Waals surface area contributed by atoms with E-state index in [-0.39, 0.29) is 5.78 Å². The molecule has 0 fully saturated rings. The summed E-state index contributed by atoms with van der Waals surface area (Å²) in [5.41, 5.74) is 0.650. The van der Waals surface area contributed by atoms with Crippen LogP contribution in [0.1, 0.15) is 17.3 Å². The molecule has 0 spiro atoms. The molecule has 0 radical (unpaired) electrons. The monoisotopic (exact) mass is 220 g/mol. The molecule has 1 aromatic carbocycles. The molecule has 0 saturated carbocycles. The maximum atomic E-state index is 11.1. The van der Waals surface area contributed by atoms with Gasteiger partial charge in [-0.25, -0.2) is 0 Å². The molecule has 0 aliphatic heterocycles. The highest BCUT2D eigenvalue weighted by Gasteiger charge is 2.06. The van der Waals surface area contributed by atoms with Crippen LogP contribution < -0.4 is 4.74 Å². The third-order valence-electron chi connectivity index (χ3n) is 1.88. The Kier molecular flexibility index (Phi) is 4.26. The lowest BCUT2D eigenvalue weighted by molar-refractivity contribution is 0.101. The van der Waals surface area contributed by atoms with Crippen molar-refractivity contribution in [3.63, 3.8) is 0 Å². The van der Waals surface area contributed by atoms with Crippen molar-refractivity contribution in [3.05, 3.63) is 23.8 Å². The number of rotatable bonds is 4. The molecule has 0 N–H and O–H groups in total. The van der Waals surface area contributed by atoms with Crippen LogP contribution in [0.2, 0.25) is 0 Å². The first-order chi connectivity index (χ1) is 7.19. The summed E-state index contributed by atoms with van der Waals surface area (Å²) in [6, 6.07) is 5.38. The number of methoxy groups -OCH3 is 1. The summed E-state index contributed by atoms with van der Waals surface area (Å²) >= 11 is 1.52. The fourth-order valence-corrected chi connectivity index (χ4v) is 1.81. The second kappa shape index (κ2) is 5.47. The van der Waals surface area contributed by atoms with Gasteiger partial charge in [0.25, 0.3) is 0 Å². The molecule has 3 heteroatoms. The highest BCUT2D eigenvalue weighted by atomic mass is 32.2. The van der Waals surface area contributed by atoms with E-state index >= 15 is 0 Å². The van der Waals surface area contributed by atoms with Gasteiger partial charge in [0.1, 0.15) is 5.75 Å². The zero-order valence-corrected chi connectivity index (χ0v) is 9.56. The van der Waals surface area contributed by atoms with Crippen LogP contribution in [-0.4, -0.2) is 18.6 Å². The number of terminal acetylenes is 1. The number of ketones is 1. The Morgan fingerprint density at radius 1 is 1.60 bits per heavy atom. The van der Waals surface area contributed by atoms with Crippen molar-refractivity contribution in [2.75, 3.05) is 12.9 Å². The lowest BCUT2D eigenvalue weighted by Gasteiger charge is -2.07. The number of thioether (sulfide) groups is 1. The summed E-state index contributed by atoms with van der Waals surface area (Å²) in [5.74, 6) is 3.86. The average Bonchev–Trinajstić information content (AvgIpc) is 2.25. The predicted molar refractivity (Wildman–Crippen MR) is 62.6 cm³/mol. The second-order valence-corrected chi connectivity index (χ2v) is 3.93. The lowest BCUT2D eigenvalue weighted by Crippen LogP contribution is -1.94. The molecule has 0 unspecified atom stereocenters. The zero-order valence-electron chi connectivity index (χ0n) is 8.74. The summed E-state index contributed by atoms with van der Waals surface area (Å²) in [7, 11) is 1.58. The Morgan fingerprint density at radius 2 is 2.33 bits per heavy atom. The molecule has 0 bridgehead atoms. The van der Waals surface area contributed by atoms with Crippen LogP contribution >= 0.6 is 11.8 Å². The quantitative estimate of drug-likeness (QED) is 0.443. The number of hydrogen-bond donors (Lipinski definition) is 0. The van der Waals surface area contributed by atoms with Crippen molar-refractivity contribution in [3.8, 4) is 18.1 Å². The van der Waals surface area contributed by atoms with Gasteiger partial charge in [-0.2, -0.15) is 0 Å². The highest BCUT2D eigenvalue weighted by Crippen LogP contribution is 2.29. The molecule has 0 aliphatic rings. The first kappa shape index (κ1) is 11.7. The van der Waals surface area contributed by atoms with Gasteiger partial charge >= 0.3 is 0 Å². The molecular formula is C12H12O2S.